The van der Waals surface area contributed by atoms with Crippen LogP contribution in [0.2, 0.25) is 0 Å². The van der Waals surface area contributed by atoms with Crippen LogP contribution in [0.5, 0.6) is 5.75 Å². The van der Waals surface area contributed by atoms with Crippen molar-refractivity contribution in [2.45, 2.75) is 43.3 Å². The van der Waals surface area contributed by atoms with Gasteiger partial charge in [-0.15, -0.1) is 0 Å². The Labute approximate surface area is 207 Å². The number of hydrogen-bond acceptors (Lipinski definition) is 3. The minimum Gasteiger partial charge on any atom is -0.508 e. The summed E-state index contributed by atoms with van der Waals surface area (Å²) in [5, 5.41) is 19.0. The molecule has 36 heavy (non-hydrogen) atoms. The standard InChI is InChI=1S/C29H26F3NO3/c1-27(21-5-2-19(3-6-21)4-13-26(35)36)25-12-11-24(34)18-20(25)14-17-33(27)23-9-7-22(8-10-23)28(15-16-28)29(30,31)32/h2-13,18,34H,14-17H2,1H3,(H,35,36). The number of alkyl halides is 3. The average Bonchev–Trinajstić information content (AvgIpc) is 3.66. The van der Waals surface area contributed by atoms with Crippen molar-refractivity contribution in [3.63, 3.8) is 0 Å². The number of aliphatic carboxylic acids is 1. The predicted molar refractivity (Wildman–Crippen MR) is 132 cm³/mol. The molecule has 0 aromatic heterocycles. The number of carboxylic acid groups (broad SMARTS) is 1. The number of carboxylic acids is 1. The van der Waals surface area contributed by atoms with Crippen LogP contribution in [0.15, 0.2) is 72.8 Å². The maximum atomic E-state index is 13.6. The molecule has 1 fully saturated rings. The third-order valence-corrected chi connectivity index (χ3v) is 7.67. The number of phenols is 1. The van der Waals surface area contributed by atoms with Gasteiger partial charge in [-0.25, -0.2) is 4.79 Å². The molecule has 0 radical (unpaired) electrons. The van der Waals surface area contributed by atoms with Crippen LogP contribution < -0.4 is 4.90 Å². The first kappa shape index (κ1) is 24.0. The van der Waals surface area contributed by atoms with Crippen molar-refractivity contribution < 1.29 is 28.2 Å². The Hall–Kier alpha value is -3.74. The normalized spacial score (nSPS) is 20.8. The molecule has 3 aromatic rings. The van der Waals surface area contributed by atoms with Crippen molar-refractivity contribution in [2.24, 2.45) is 0 Å². The zero-order valence-electron chi connectivity index (χ0n) is 19.7. The minimum atomic E-state index is -4.26. The highest BCUT2D eigenvalue weighted by molar-refractivity contribution is 5.85. The second kappa shape index (κ2) is 8.43. The van der Waals surface area contributed by atoms with Gasteiger partial charge in [0.05, 0.1) is 11.0 Å². The number of benzene rings is 3. The molecule has 2 aliphatic rings. The molecule has 1 saturated carbocycles. The first-order chi connectivity index (χ1) is 17.0. The van der Waals surface area contributed by atoms with Crippen LogP contribution in [0.25, 0.3) is 6.08 Å². The molecular formula is C29H26F3NO3. The van der Waals surface area contributed by atoms with Crippen molar-refractivity contribution >= 4 is 17.7 Å². The van der Waals surface area contributed by atoms with E-state index in [1.54, 1.807) is 36.4 Å². The quantitative estimate of drug-likeness (QED) is 0.403. The molecule has 1 aliphatic heterocycles. The zero-order chi connectivity index (χ0) is 25.7. The maximum Gasteiger partial charge on any atom is 0.398 e. The van der Waals surface area contributed by atoms with E-state index in [1.165, 1.54) is 6.08 Å². The highest BCUT2D eigenvalue weighted by Gasteiger charge is 2.64. The molecule has 1 heterocycles. The van der Waals surface area contributed by atoms with Crippen LogP contribution in [0.4, 0.5) is 18.9 Å². The fraction of sp³-hybridized carbons (Fsp3) is 0.276. The number of anilines is 1. The van der Waals surface area contributed by atoms with Crippen LogP contribution in [0.1, 0.15) is 47.6 Å². The smallest absolute Gasteiger partial charge is 0.398 e. The SMILES string of the molecule is CC1(c2ccc(C=CC(=O)O)cc2)c2ccc(O)cc2CCN1c1ccc(C2(C(F)(F)F)CC2)cc1. The molecule has 4 nitrogen and oxygen atoms in total. The van der Waals surface area contributed by atoms with Crippen molar-refractivity contribution in [3.05, 3.63) is 101 Å². The van der Waals surface area contributed by atoms with Crippen molar-refractivity contribution in [2.75, 3.05) is 11.4 Å². The van der Waals surface area contributed by atoms with Crippen LogP contribution >= 0.6 is 0 Å². The fourth-order valence-electron chi connectivity index (χ4n) is 5.47. The van der Waals surface area contributed by atoms with E-state index < -0.39 is 23.1 Å². The fourth-order valence-corrected chi connectivity index (χ4v) is 5.47. The number of aromatic hydroxyl groups is 1. The number of halogens is 3. The Morgan fingerprint density at radius 2 is 1.61 bits per heavy atom. The summed E-state index contributed by atoms with van der Waals surface area (Å²) in [5.41, 5.74) is 2.42. The summed E-state index contributed by atoms with van der Waals surface area (Å²) in [6, 6.07) is 19.6. The number of rotatable bonds is 5. The molecule has 186 valence electrons. The molecule has 0 amide bonds. The van der Waals surface area contributed by atoms with E-state index in [1.807, 2.05) is 30.3 Å². The molecule has 0 spiro atoms. The third-order valence-electron chi connectivity index (χ3n) is 7.67. The summed E-state index contributed by atoms with van der Waals surface area (Å²) in [7, 11) is 0. The zero-order valence-corrected chi connectivity index (χ0v) is 19.7. The van der Waals surface area contributed by atoms with E-state index in [4.69, 9.17) is 5.11 Å². The van der Waals surface area contributed by atoms with Gasteiger partial charge in [-0.1, -0.05) is 42.5 Å². The molecule has 0 bridgehead atoms. The first-order valence-electron chi connectivity index (χ1n) is 11.8. The molecule has 7 heteroatoms. The third kappa shape index (κ3) is 3.92. The summed E-state index contributed by atoms with van der Waals surface area (Å²) in [6.45, 7) is 2.67. The van der Waals surface area contributed by atoms with E-state index in [0.717, 1.165) is 34.0 Å². The Kier molecular flexibility index (Phi) is 5.62. The average molecular weight is 494 g/mol. The van der Waals surface area contributed by atoms with Crippen molar-refractivity contribution in [1.82, 2.24) is 0 Å². The van der Waals surface area contributed by atoms with E-state index in [9.17, 15) is 23.1 Å². The predicted octanol–water partition coefficient (Wildman–Crippen LogP) is 6.41. The van der Waals surface area contributed by atoms with E-state index in [-0.39, 0.29) is 18.6 Å². The van der Waals surface area contributed by atoms with Crippen LogP contribution in [0, 0.1) is 0 Å². The number of phenolic OH excluding ortho intramolecular Hbond substituents is 1. The van der Waals surface area contributed by atoms with Gasteiger partial charge in [0.25, 0.3) is 0 Å². The molecule has 1 aliphatic carbocycles. The molecule has 1 atom stereocenters. The summed E-state index contributed by atoms with van der Waals surface area (Å²) in [6.07, 6.45) is -0.741. The van der Waals surface area contributed by atoms with Crippen molar-refractivity contribution in [3.8, 4) is 5.75 Å². The lowest BCUT2D eigenvalue weighted by molar-refractivity contribution is -0.160. The minimum absolute atomic E-state index is 0.122. The van der Waals surface area contributed by atoms with Crippen LogP contribution in [0.3, 0.4) is 0 Å². The Morgan fingerprint density at radius 1 is 0.972 bits per heavy atom. The van der Waals surface area contributed by atoms with Crippen LogP contribution in [-0.2, 0) is 22.2 Å². The second-order valence-electron chi connectivity index (χ2n) is 9.74. The first-order valence-corrected chi connectivity index (χ1v) is 11.8. The highest BCUT2D eigenvalue weighted by atomic mass is 19.4. The Morgan fingerprint density at radius 3 is 2.19 bits per heavy atom. The van der Waals surface area contributed by atoms with Gasteiger partial charge in [-0.3, -0.25) is 0 Å². The summed E-state index contributed by atoms with van der Waals surface area (Å²) in [4.78, 5) is 13.1. The van der Waals surface area contributed by atoms with Crippen molar-refractivity contribution in [1.29, 1.82) is 0 Å². The lowest BCUT2D eigenvalue weighted by Gasteiger charge is -2.48. The highest BCUT2D eigenvalue weighted by Crippen LogP contribution is 2.59. The molecular weight excluding hydrogens is 467 g/mol. The lowest BCUT2D eigenvalue weighted by Crippen LogP contribution is -2.49. The van der Waals surface area contributed by atoms with Crippen LogP contribution in [-0.4, -0.2) is 28.9 Å². The number of carbonyl (C=O) groups is 1. The van der Waals surface area contributed by atoms with E-state index in [2.05, 4.69) is 11.8 Å². The van der Waals surface area contributed by atoms with Gasteiger partial charge in [-0.2, -0.15) is 13.2 Å². The largest absolute Gasteiger partial charge is 0.508 e. The van der Waals surface area contributed by atoms with Gasteiger partial charge in [0.2, 0.25) is 0 Å². The molecule has 1 unspecified atom stereocenters. The second-order valence-corrected chi connectivity index (χ2v) is 9.74. The van der Waals surface area contributed by atoms with Gasteiger partial charge in [0.15, 0.2) is 0 Å². The van der Waals surface area contributed by atoms with E-state index >= 15 is 0 Å². The maximum absolute atomic E-state index is 13.6. The number of nitrogens with zero attached hydrogens (tertiary/aromatic N) is 1. The molecule has 5 rings (SSSR count). The number of fused-ring (bicyclic) bond motifs is 1. The summed E-state index contributed by atoms with van der Waals surface area (Å²) < 4.78 is 40.9. The topological polar surface area (TPSA) is 60.8 Å². The Bertz CT molecular complexity index is 1330. The van der Waals surface area contributed by atoms with Gasteiger partial charge in [0.1, 0.15) is 5.75 Å². The monoisotopic (exact) mass is 493 g/mol. The van der Waals surface area contributed by atoms with Gasteiger partial charge in [0, 0.05) is 18.3 Å². The Balaban J connectivity index is 1.57. The molecule has 0 saturated heterocycles. The molecule has 2 N–H and O–H groups in total. The van der Waals surface area contributed by atoms with Gasteiger partial charge >= 0.3 is 12.1 Å². The van der Waals surface area contributed by atoms with Gasteiger partial charge < -0.3 is 15.1 Å². The van der Waals surface area contributed by atoms with E-state index in [0.29, 0.717) is 18.5 Å². The lowest BCUT2D eigenvalue weighted by atomic mass is 9.76. The number of hydrogen-bond donors (Lipinski definition) is 2. The summed E-state index contributed by atoms with van der Waals surface area (Å²) in [5.74, 6) is -0.842. The summed E-state index contributed by atoms with van der Waals surface area (Å²) >= 11 is 0. The van der Waals surface area contributed by atoms with Gasteiger partial charge in [-0.05, 0) is 84.3 Å². The molecule has 3 aromatic carbocycles.